The monoisotopic (exact) mass is 220 g/mol. The maximum absolute atomic E-state index is 10.5. The summed E-state index contributed by atoms with van der Waals surface area (Å²) in [5.41, 5.74) is 2.83. The second-order valence-corrected chi connectivity index (χ2v) is 5.24. The fraction of sp³-hybridized carbons (Fsp3) is 0.462. The van der Waals surface area contributed by atoms with Crippen LogP contribution < -0.4 is 0 Å². The SMILES string of the molecule is CC(CC=O)c1ccccc1C1CSC1. The molecule has 1 nitrogen and oxygen atoms in total. The van der Waals surface area contributed by atoms with Gasteiger partial charge in [-0.05, 0) is 17.0 Å². The molecule has 1 aliphatic heterocycles. The minimum Gasteiger partial charge on any atom is -0.303 e. The number of aldehydes is 1. The van der Waals surface area contributed by atoms with Crippen molar-refractivity contribution in [3.8, 4) is 0 Å². The molecule has 1 aliphatic rings. The Bertz CT molecular complexity index is 344. The minimum atomic E-state index is 0.365. The molecule has 1 atom stereocenters. The third-order valence-electron chi connectivity index (χ3n) is 3.05. The van der Waals surface area contributed by atoms with Crippen LogP contribution in [0.4, 0.5) is 0 Å². The standard InChI is InChI=1S/C13H16OS/c1-10(6-7-14)12-4-2-3-5-13(12)11-8-15-9-11/h2-5,7,10-11H,6,8-9H2,1H3. The van der Waals surface area contributed by atoms with Crippen LogP contribution in [0.15, 0.2) is 24.3 Å². The van der Waals surface area contributed by atoms with Crippen molar-refractivity contribution in [2.75, 3.05) is 11.5 Å². The molecule has 80 valence electrons. The molecule has 15 heavy (non-hydrogen) atoms. The number of benzene rings is 1. The Morgan fingerprint density at radius 1 is 1.47 bits per heavy atom. The first kappa shape index (κ1) is 10.7. The Balaban J connectivity index is 2.24. The van der Waals surface area contributed by atoms with E-state index in [1.165, 1.54) is 22.6 Å². The van der Waals surface area contributed by atoms with Gasteiger partial charge in [0.1, 0.15) is 6.29 Å². The molecule has 0 aliphatic carbocycles. The molecule has 0 amide bonds. The lowest BCUT2D eigenvalue weighted by Crippen LogP contribution is -2.18. The summed E-state index contributed by atoms with van der Waals surface area (Å²) in [5, 5.41) is 0. The summed E-state index contributed by atoms with van der Waals surface area (Å²) < 4.78 is 0. The predicted octanol–water partition coefficient (Wildman–Crippen LogP) is 3.21. The lowest BCUT2D eigenvalue weighted by molar-refractivity contribution is -0.108. The minimum absolute atomic E-state index is 0.365. The van der Waals surface area contributed by atoms with Crippen molar-refractivity contribution in [1.82, 2.24) is 0 Å². The van der Waals surface area contributed by atoms with E-state index in [2.05, 4.69) is 31.2 Å². The highest BCUT2D eigenvalue weighted by Gasteiger charge is 2.23. The molecule has 0 spiro atoms. The van der Waals surface area contributed by atoms with Crippen LogP contribution in [0.3, 0.4) is 0 Å². The first-order chi connectivity index (χ1) is 7.33. The van der Waals surface area contributed by atoms with Crippen molar-refractivity contribution >= 4 is 18.0 Å². The number of carbonyl (C=O) groups is 1. The number of hydrogen-bond donors (Lipinski definition) is 0. The van der Waals surface area contributed by atoms with Gasteiger partial charge in [-0.15, -0.1) is 0 Å². The van der Waals surface area contributed by atoms with Gasteiger partial charge in [-0.1, -0.05) is 31.2 Å². The summed E-state index contributed by atoms with van der Waals surface area (Å²) in [6, 6.07) is 8.58. The van der Waals surface area contributed by atoms with E-state index in [1.807, 2.05) is 11.8 Å². The fourth-order valence-corrected chi connectivity index (χ4v) is 2.85. The molecule has 2 heteroatoms. The molecule has 0 aromatic heterocycles. The van der Waals surface area contributed by atoms with Crippen LogP contribution >= 0.6 is 11.8 Å². The van der Waals surface area contributed by atoms with Gasteiger partial charge in [-0.2, -0.15) is 11.8 Å². The van der Waals surface area contributed by atoms with E-state index in [9.17, 15) is 4.79 Å². The summed E-state index contributed by atoms with van der Waals surface area (Å²) in [6.45, 7) is 2.14. The first-order valence-corrected chi connectivity index (χ1v) is 6.58. The molecule has 0 N–H and O–H groups in total. The molecule has 1 aromatic rings. The Labute approximate surface area is 95.3 Å². The molecule has 0 saturated carbocycles. The predicted molar refractivity (Wildman–Crippen MR) is 65.6 cm³/mol. The summed E-state index contributed by atoms with van der Waals surface area (Å²) in [6.07, 6.45) is 1.66. The van der Waals surface area contributed by atoms with Crippen LogP contribution in [0.2, 0.25) is 0 Å². The summed E-state index contributed by atoms with van der Waals surface area (Å²) >= 11 is 2.00. The van der Waals surface area contributed by atoms with Crippen molar-refractivity contribution in [2.45, 2.75) is 25.2 Å². The fourth-order valence-electron chi connectivity index (χ4n) is 2.02. The van der Waals surface area contributed by atoms with Gasteiger partial charge in [0.2, 0.25) is 0 Å². The zero-order valence-electron chi connectivity index (χ0n) is 8.98. The highest BCUT2D eigenvalue weighted by atomic mass is 32.2. The third-order valence-corrected chi connectivity index (χ3v) is 4.33. The van der Waals surface area contributed by atoms with Crippen molar-refractivity contribution < 1.29 is 4.79 Å². The van der Waals surface area contributed by atoms with E-state index >= 15 is 0 Å². The van der Waals surface area contributed by atoms with E-state index in [1.54, 1.807) is 0 Å². The Morgan fingerprint density at radius 3 is 2.80 bits per heavy atom. The van der Waals surface area contributed by atoms with Crippen LogP contribution in [0.1, 0.15) is 36.3 Å². The lowest BCUT2D eigenvalue weighted by Gasteiger charge is -2.28. The summed E-state index contributed by atoms with van der Waals surface area (Å²) in [7, 11) is 0. The van der Waals surface area contributed by atoms with Crippen molar-refractivity contribution in [1.29, 1.82) is 0 Å². The van der Waals surface area contributed by atoms with Crippen LogP contribution in [0.25, 0.3) is 0 Å². The summed E-state index contributed by atoms with van der Waals surface area (Å²) in [4.78, 5) is 10.5. The molecular weight excluding hydrogens is 204 g/mol. The largest absolute Gasteiger partial charge is 0.303 e. The Kier molecular flexibility index (Phi) is 3.47. The number of hydrogen-bond acceptors (Lipinski definition) is 2. The molecule has 1 unspecified atom stereocenters. The van der Waals surface area contributed by atoms with Crippen LogP contribution in [0, 0.1) is 0 Å². The highest BCUT2D eigenvalue weighted by molar-refractivity contribution is 8.00. The van der Waals surface area contributed by atoms with E-state index in [4.69, 9.17) is 0 Å². The van der Waals surface area contributed by atoms with Gasteiger partial charge in [0, 0.05) is 23.8 Å². The van der Waals surface area contributed by atoms with Gasteiger partial charge in [0.05, 0.1) is 0 Å². The molecule has 1 saturated heterocycles. The van der Waals surface area contributed by atoms with Crippen molar-refractivity contribution in [3.05, 3.63) is 35.4 Å². The number of thioether (sulfide) groups is 1. The van der Waals surface area contributed by atoms with Crippen LogP contribution in [-0.4, -0.2) is 17.8 Å². The maximum atomic E-state index is 10.5. The highest BCUT2D eigenvalue weighted by Crippen LogP contribution is 2.37. The molecule has 0 bridgehead atoms. The average Bonchev–Trinajstić information content (AvgIpc) is 2.16. The van der Waals surface area contributed by atoms with E-state index in [0.29, 0.717) is 12.3 Å². The zero-order valence-corrected chi connectivity index (χ0v) is 9.80. The topological polar surface area (TPSA) is 17.1 Å². The number of rotatable bonds is 4. The maximum Gasteiger partial charge on any atom is 0.120 e. The molecule has 2 rings (SSSR count). The second-order valence-electron chi connectivity index (χ2n) is 4.17. The van der Waals surface area contributed by atoms with Gasteiger partial charge >= 0.3 is 0 Å². The molecule has 1 aromatic carbocycles. The smallest absolute Gasteiger partial charge is 0.120 e. The third kappa shape index (κ3) is 2.25. The van der Waals surface area contributed by atoms with Gasteiger partial charge in [-0.25, -0.2) is 0 Å². The van der Waals surface area contributed by atoms with Crippen molar-refractivity contribution in [3.63, 3.8) is 0 Å². The van der Waals surface area contributed by atoms with Gasteiger partial charge < -0.3 is 4.79 Å². The normalized spacial score (nSPS) is 18.2. The van der Waals surface area contributed by atoms with Crippen LogP contribution in [0.5, 0.6) is 0 Å². The Morgan fingerprint density at radius 2 is 2.20 bits per heavy atom. The molecule has 1 fully saturated rings. The lowest BCUT2D eigenvalue weighted by atomic mass is 9.88. The number of carbonyl (C=O) groups excluding carboxylic acids is 1. The molecule has 1 heterocycles. The van der Waals surface area contributed by atoms with E-state index in [-0.39, 0.29) is 0 Å². The van der Waals surface area contributed by atoms with Gasteiger partial charge in [-0.3, -0.25) is 0 Å². The Hall–Kier alpha value is -0.760. The average molecular weight is 220 g/mol. The first-order valence-electron chi connectivity index (χ1n) is 5.43. The quantitative estimate of drug-likeness (QED) is 0.725. The molecular formula is C13H16OS. The van der Waals surface area contributed by atoms with Crippen molar-refractivity contribution in [2.24, 2.45) is 0 Å². The van der Waals surface area contributed by atoms with Gasteiger partial charge in [0.15, 0.2) is 0 Å². The summed E-state index contributed by atoms with van der Waals surface area (Å²) in [5.74, 6) is 3.57. The molecule has 0 radical (unpaired) electrons. The zero-order chi connectivity index (χ0) is 10.7. The second kappa shape index (κ2) is 4.84. The van der Waals surface area contributed by atoms with Crippen LogP contribution in [-0.2, 0) is 4.79 Å². The van der Waals surface area contributed by atoms with E-state index in [0.717, 1.165) is 12.2 Å². The van der Waals surface area contributed by atoms with E-state index < -0.39 is 0 Å². The van der Waals surface area contributed by atoms with Gasteiger partial charge in [0.25, 0.3) is 0 Å².